The highest BCUT2D eigenvalue weighted by molar-refractivity contribution is 9.10. The third-order valence-electron chi connectivity index (χ3n) is 1.97. The molecule has 0 aliphatic carbocycles. The largest absolute Gasteiger partial charge is 0.480 e. The minimum Gasteiger partial charge on any atom is -0.480 e. The fourth-order valence-corrected chi connectivity index (χ4v) is 0.854. The predicted molar refractivity (Wildman–Crippen MR) is 69.7 cm³/mol. The summed E-state index contributed by atoms with van der Waals surface area (Å²) in [6.07, 6.45) is 8.49. The molecule has 15 heavy (non-hydrogen) atoms. The van der Waals surface area contributed by atoms with Crippen LogP contribution >= 0.6 is 15.9 Å². The zero-order valence-electron chi connectivity index (χ0n) is 10.5. The van der Waals surface area contributed by atoms with Crippen molar-refractivity contribution in [2.24, 2.45) is 0 Å². The standard InChI is InChI=1S/C8H18.C4H7BrO2/c1-3-5-7-8-6-4-2;1-4(2,5)3(6)7/h3-8H2,1-2H3;1-2H3,(H,6,7). The van der Waals surface area contributed by atoms with Gasteiger partial charge in [0.05, 0.1) is 0 Å². The van der Waals surface area contributed by atoms with Crippen LogP contribution in [0.2, 0.25) is 0 Å². The Labute approximate surface area is 103 Å². The Kier molecular flexibility index (Phi) is 12.1. The molecule has 0 aromatic rings. The number of aliphatic carboxylic acids is 1. The Morgan fingerprint density at radius 3 is 1.47 bits per heavy atom. The molecule has 0 fully saturated rings. The maximum absolute atomic E-state index is 9.97. The van der Waals surface area contributed by atoms with Gasteiger partial charge < -0.3 is 5.11 Å². The van der Waals surface area contributed by atoms with Crippen LogP contribution in [0.15, 0.2) is 0 Å². The van der Waals surface area contributed by atoms with Gasteiger partial charge in [-0.25, -0.2) is 0 Å². The van der Waals surface area contributed by atoms with Crippen molar-refractivity contribution in [2.75, 3.05) is 0 Å². The summed E-state index contributed by atoms with van der Waals surface area (Å²) in [5, 5.41) is 8.20. The van der Waals surface area contributed by atoms with E-state index in [9.17, 15) is 4.79 Å². The fraction of sp³-hybridized carbons (Fsp3) is 0.917. The highest BCUT2D eigenvalue weighted by Crippen LogP contribution is 2.14. The normalized spacial score (nSPS) is 10.5. The quantitative estimate of drug-likeness (QED) is 0.570. The molecule has 0 aliphatic rings. The molecule has 1 N–H and O–H groups in total. The molecule has 0 bridgehead atoms. The lowest BCUT2D eigenvalue weighted by Crippen LogP contribution is -2.22. The van der Waals surface area contributed by atoms with Crippen molar-refractivity contribution < 1.29 is 9.90 Å². The molecule has 2 nitrogen and oxygen atoms in total. The third-order valence-corrected chi connectivity index (χ3v) is 2.30. The lowest BCUT2D eigenvalue weighted by molar-refractivity contribution is -0.138. The Morgan fingerprint density at radius 2 is 1.33 bits per heavy atom. The molecule has 0 aliphatic heterocycles. The maximum atomic E-state index is 9.97. The second-order valence-electron chi connectivity index (χ2n) is 4.19. The van der Waals surface area contributed by atoms with Crippen LogP contribution in [0.4, 0.5) is 0 Å². The Balaban J connectivity index is 0. The highest BCUT2D eigenvalue weighted by atomic mass is 79.9. The van der Waals surface area contributed by atoms with Gasteiger partial charge in [-0.3, -0.25) is 4.79 Å². The number of halogens is 1. The third kappa shape index (κ3) is 16.6. The number of alkyl halides is 1. The van der Waals surface area contributed by atoms with E-state index in [2.05, 4.69) is 29.8 Å². The van der Waals surface area contributed by atoms with Gasteiger partial charge in [-0.2, -0.15) is 0 Å². The van der Waals surface area contributed by atoms with Gasteiger partial charge in [0.2, 0.25) is 0 Å². The molecule has 0 saturated heterocycles. The number of carboxylic acids is 1. The van der Waals surface area contributed by atoms with Crippen LogP contribution in [0.5, 0.6) is 0 Å². The lowest BCUT2D eigenvalue weighted by atomic mass is 10.1. The first-order chi connectivity index (χ1) is 6.86. The monoisotopic (exact) mass is 280 g/mol. The van der Waals surface area contributed by atoms with Gasteiger partial charge in [-0.1, -0.05) is 68.3 Å². The molecule has 92 valence electrons. The molecule has 0 aromatic heterocycles. The highest BCUT2D eigenvalue weighted by Gasteiger charge is 2.21. The first kappa shape index (κ1) is 17.3. The van der Waals surface area contributed by atoms with Crippen LogP contribution in [-0.2, 0) is 4.79 Å². The summed E-state index contributed by atoms with van der Waals surface area (Å²) in [5.41, 5.74) is 0. The summed E-state index contributed by atoms with van der Waals surface area (Å²) in [6, 6.07) is 0. The molecule has 0 unspecified atom stereocenters. The van der Waals surface area contributed by atoms with Gasteiger partial charge >= 0.3 is 5.97 Å². The predicted octanol–water partition coefficient (Wildman–Crippen LogP) is 4.61. The molecule has 0 radical (unpaired) electrons. The van der Waals surface area contributed by atoms with Crippen molar-refractivity contribution >= 4 is 21.9 Å². The van der Waals surface area contributed by atoms with E-state index in [4.69, 9.17) is 5.11 Å². The lowest BCUT2D eigenvalue weighted by Gasteiger charge is -2.06. The summed E-state index contributed by atoms with van der Waals surface area (Å²) in [7, 11) is 0. The summed E-state index contributed by atoms with van der Waals surface area (Å²) in [4.78, 5) is 9.97. The van der Waals surface area contributed by atoms with Crippen LogP contribution < -0.4 is 0 Å². The number of unbranched alkanes of at least 4 members (excludes halogenated alkanes) is 5. The molecule has 0 rings (SSSR count). The van der Waals surface area contributed by atoms with Crippen LogP contribution in [0.1, 0.15) is 66.2 Å². The van der Waals surface area contributed by atoms with Gasteiger partial charge in [-0.05, 0) is 13.8 Å². The zero-order chi connectivity index (χ0) is 12.3. The number of hydrogen-bond donors (Lipinski definition) is 1. The minimum atomic E-state index is -0.840. The van der Waals surface area contributed by atoms with E-state index in [0.29, 0.717) is 0 Å². The Bertz CT molecular complexity index is 144. The van der Waals surface area contributed by atoms with Crippen molar-refractivity contribution in [3.63, 3.8) is 0 Å². The molecule has 0 atom stereocenters. The first-order valence-electron chi connectivity index (χ1n) is 5.78. The summed E-state index contributed by atoms with van der Waals surface area (Å²) < 4.78 is -0.771. The van der Waals surface area contributed by atoms with Gasteiger partial charge in [0, 0.05) is 0 Å². The summed E-state index contributed by atoms with van der Waals surface area (Å²) in [6.45, 7) is 7.67. The zero-order valence-corrected chi connectivity index (χ0v) is 12.1. The average Bonchev–Trinajstić information content (AvgIpc) is 2.12. The van der Waals surface area contributed by atoms with E-state index in [0.717, 1.165) is 0 Å². The molecule has 0 amide bonds. The molecule has 0 aromatic carbocycles. The Hall–Kier alpha value is -0.0500. The topological polar surface area (TPSA) is 37.3 Å². The van der Waals surface area contributed by atoms with Gasteiger partial charge in [0.15, 0.2) is 0 Å². The van der Waals surface area contributed by atoms with Crippen molar-refractivity contribution in [3.8, 4) is 0 Å². The van der Waals surface area contributed by atoms with Crippen molar-refractivity contribution in [3.05, 3.63) is 0 Å². The number of hydrogen-bond acceptors (Lipinski definition) is 1. The van der Waals surface area contributed by atoms with E-state index >= 15 is 0 Å². The van der Waals surface area contributed by atoms with E-state index in [1.807, 2.05) is 0 Å². The average molecular weight is 281 g/mol. The SMILES string of the molecule is CC(C)(Br)C(=O)O.CCCCCCCC. The van der Waals surface area contributed by atoms with E-state index < -0.39 is 10.3 Å². The van der Waals surface area contributed by atoms with E-state index in [-0.39, 0.29) is 0 Å². The summed E-state index contributed by atoms with van der Waals surface area (Å²) >= 11 is 2.94. The minimum absolute atomic E-state index is 0.771. The van der Waals surface area contributed by atoms with Crippen molar-refractivity contribution in [1.29, 1.82) is 0 Å². The molecular formula is C12H25BrO2. The maximum Gasteiger partial charge on any atom is 0.319 e. The van der Waals surface area contributed by atoms with E-state index in [1.54, 1.807) is 13.8 Å². The van der Waals surface area contributed by atoms with Crippen LogP contribution in [0.25, 0.3) is 0 Å². The second-order valence-corrected chi connectivity index (χ2v) is 6.17. The molecule has 0 spiro atoms. The van der Waals surface area contributed by atoms with Crippen LogP contribution in [0.3, 0.4) is 0 Å². The molecule has 0 heterocycles. The van der Waals surface area contributed by atoms with Crippen molar-refractivity contribution in [1.82, 2.24) is 0 Å². The first-order valence-corrected chi connectivity index (χ1v) is 6.57. The number of rotatable bonds is 6. The van der Waals surface area contributed by atoms with Gasteiger partial charge in [0.25, 0.3) is 0 Å². The van der Waals surface area contributed by atoms with E-state index in [1.165, 1.54) is 38.5 Å². The number of carbonyl (C=O) groups is 1. The summed E-state index contributed by atoms with van der Waals surface area (Å²) in [5.74, 6) is -0.840. The van der Waals surface area contributed by atoms with Gasteiger partial charge in [0.1, 0.15) is 4.32 Å². The molecule has 3 heteroatoms. The molecule has 0 saturated carbocycles. The van der Waals surface area contributed by atoms with Crippen LogP contribution in [-0.4, -0.2) is 15.4 Å². The molecular weight excluding hydrogens is 256 g/mol. The fourth-order valence-electron chi connectivity index (χ4n) is 0.854. The number of carboxylic acid groups (broad SMARTS) is 1. The second kappa shape index (κ2) is 10.5. The van der Waals surface area contributed by atoms with Gasteiger partial charge in [-0.15, -0.1) is 0 Å². The smallest absolute Gasteiger partial charge is 0.319 e. The Morgan fingerprint density at radius 1 is 1.07 bits per heavy atom. The van der Waals surface area contributed by atoms with Crippen LogP contribution in [0, 0.1) is 0 Å². The van der Waals surface area contributed by atoms with Crippen molar-refractivity contribution in [2.45, 2.75) is 70.5 Å².